The summed E-state index contributed by atoms with van der Waals surface area (Å²) in [6.45, 7) is 1.07. The van der Waals surface area contributed by atoms with Gasteiger partial charge in [-0.2, -0.15) is 0 Å². The molecular formula is C6H11NO2. The molecule has 0 saturated carbocycles. The lowest BCUT2D eigenvalue weighted by Crippen LogP contribution is -2.02. The van der Waals surface area contributed by atoms with Crippen LogP contribution in [0.1, 0.15) is 12.8 Å². The van der Waals surface area contributed by atoms with E-state index in [0.717, 1.165) is 13.0 Å². The van der Waals surface area contributed by atoms with E-state index in [1.54, 1.807) is 0 Å². The summed E-state index contributed by atoms with van der Waals surface area (Å²) in [6.07, 6.45) is 1.47. The van der Waals surface area contributed by atoms with Crippen molar-refractivity contribution in [2.24, 2.45) is 0 Å². The maximum Gasteiger partial charge on any atom is 0.305 e. The van der Waals surface area contributed by atoms with Crippen molar-refractivity contribution in [1.29, 1.82) is 0 Å². The van der Waals surface area contributed by atoms with Crippen LogP contribution in [0.25, 0.3) is 0 Å². The zero-order valence-corrected chi connectivity index (χ0v) is 5.52. The normalized spacial score (nSPS) is 23.4. The summed E-state index contributed by atoms with van der Waals surface area (Å²) in [7, 11) is 1.42. The first-order chi connectivity index (χ1) is 4.33. The molecule has 1 saturated heterocycles. The second-order valence-electron chi connectivity index (χ2n) is 2.22. The van der Waals surface area contributed by atoms with Crippen LogP contribution in [0.15, 0.2) is 0 Å². The van der Waals surface area contributed by atoms with E-state index >= 15 is 0 Å². The fourth-order valence-corrected chi connectivity index (χ4v) is 0.682. The third-order valence-corrected chi connectivity index (χ3v) is 1.42. The molecule has 0 amide bonds. The highest BCUT2D eigenvalue weighted by Gasteiger charge is 2.20. The monoisotopic (exact) mass is 129 g/mol. The molecule has 0 spiro atoms. The molecule has 1 N–H and O–H groups in total. The van der Waals surface area contributed by atoms with Gasteiger partial charge in [0, 0.05) is 19.0 Å². The Morgan fingerprint density at radius 1 is 1.89 bits per heavy atom. The first-order valence-corrected chi connectivity index (χ1v) is 3.13. The van der Waals surface area contributed by atoms with Crippen LogP contribution in [0.4, 0.5) is 0 Å². The van der Waals surface area contributed by atoms with Gasteiger partial charge in [-0.25, -0.2) is 0 Å². The molecule has 0 aromatic rings. The number of esters is 1. The van der Waals surface area contributed by atoms with Crippen molar-refractivity contribution in [3.63, 3.8) is 0 Å². The van der Waals surface area contributed by atoms with Crippen LogP contribution < -0.4 is 5.32 Å². The molecule has 0 bridgehead atoms. The van der Waals surface area contributed by atoms with Crippen LogP contribution in [0.2, 0.25) is 0 Å². The van der Waals surface area contributed by atoms with Gasteiger partial charge in [0.1, 0.15) is 0 Å². The second-order valence-corrected chi connectivity index (χ2v) is 2.22. The molecular weight excluding hydrogens is 118 g/mol. The summed E-state index contributed by atoms with van der Waals surface area (Å²) in [4.78, 5) is 10.5. The smallest absolute Gasteiger partial charge is 0.305 e. The van der Waals surface area contributed by atoms with Crippen molar-refractivity contribution in [2.75, 3.05) is 13.7 Å². The van der Waals surface area contributed by atoms with Crippen LogP contribution in [0.5, 0.6) is 0 Å². The first-order valence-electron chi connectivity index (χ1n) is 3.13. The number of hydrogen-bond donors (Lipinski definition) is 1. The zero-order valence-electron chi connectivity index (χ0n) is 5.52. The molecule has 1 unspecified atom stereocenters. The third-order valence-electron chi connectivity index (χ3n) is 1.42. The van der Waals surface area contributed by atoms with Crippen LogP contribution in [-0.4, -0.2) is 25.7 Å². The molecule has 0 aliphatic carbocycles. The van der Waals surface area contributed by atoms with Gasteiger partial charge in [0.25, 0.3) is 0 Å². The first kappa shape index (κ1) is 6.55. The molecule has 3 heteroatoms. The zero-order chi connectivity index (χ0) is 6.69. The van der Waals surface area contributed by atoms with E-state index in [9.17, 15) is 4.79 Å². The summed E-state index contributed by atoms with van der Waals surface area (Å²) in [5.41, 5.74) is 0. The number of methoxy groups -OCH3 is 1. The average Bonchev–Trinajstić information content (AvgIpc) is 2.65. The minimum Gasteiger partial charge on any atom is -0.469 e. The van der Waals surface area contributed by atoms with Crippen molar-refractivity contribution in [2.45, 2.75) is 18.9 Å². The maximum atomic E-state index is 10.5. The number of nitrogens with one attached hydrogen (secondary N) is 1. The van der Waals surface area contributed by atoms with Crippen LogP contribution in [0.3, 0.4) is 0 Å². The van der Waals surface area contributed by atoms with E-state index in [1.165, 1.54) is 7.11 Å². The van der Waals surface area contributed by atoms with Crippen LogP contribution in [0, 0.1) is 0 Å². The van der Waals surface area contributed by atoms with Crippen molar-refractivity contribution in [1.82, 2.24) is 5.32 Å². The predicted octanol–water partition coefficient (Wildman–Crippen LogP) is -0.0886. The highest BCUT2D eigenvalue weighted by atomic mass is 16.5. The van der Waals surface area contributed by atoms with E-state index in [4.69, 9.17) is 0 Å². The van der Waals surface area contributed by atoms with E-state index in [1.807, 2.05) is 0 Å². The molecule has 0 radical (unpaired) electrons. The van der Waals surface area contributed by atoms with E-state index in [-0.39, 0.29) is 5.97 Å². The topological polar surface area (TPSA) is 48.2 Å². The predicted molar refractivity (Wildman–Crippen MR) is 33.0 cm³/mol. The standard InChI is InChI=1S/C6H11NO2/c1-9-6(8)3-2-5-4-7-5/h5,7H,2-4H2,1H3. The Balaban J connectivity index is 1.96. The Hall–Kier alpha value is -0.570. The van der Waals surface area contributed by atoms with Gasteiger partial charge in [0.05, 0.1) is 7.11 Å². The molecule has 0 aromatic carbocycles. The fourth-order valence-electron chi connectivity index (χ4n) is 0.682. The van der Waals surface area contributed by atoms with Gasteiger partial charge in [0.15, 0.2) is 0 Å². The Bertz CT molecular complexity index is 110. The van der Waals surface area contributed by atoms with Gasteiger partial charge in [-0.3, -0.25) is 4.79 Å². The summed E-state index contributed by atoms with van der Waals surface area (Å²) in [5.74, 6) is -0.108. The lowest BCUT2D eigenvalue weighted by molar-refractivity contribution is -0.140. The lowest BCUT2D eigenvalue weighted by Gasteiger charge is -1.94. The molecule has 1 atom stereocenters. The second kappa shape index (κ2) is 2.82. The Labute approximate surface area is 54.4 Å². The van der Waals surface area contributed by atoms with Crippen LogP contribution in [-0.2, 0) is 9.53 Å². The summed E-state index contributed by atoms with van der Waals surface area (Å²) >= 11 is 0. The molecule has 52 valence electrons. The average molecular weight is 129 g/mol. The van der Waals surface area contributed by atoms with Crippen molar-refractivity contribution in [3.05, 3.63) is 0 Å². The molecule has 9 heavy (non-hydrogen) atoms. The summed E-state index contributed by atoms with van der Waals surface area (Å²) in [6, 6.07) is 0.587. The minimum absolute atomic E-state index is 0.108. The molecule has 0 aromatic heterocycles. The molecule has 1 aliphatic heterocycles. The maximum absolute atomic E-state index is 10.5. The van der Waals surface area contributed by atoms with E-state index in [0.29, 0.717) is 12.5 Å². The van der Waals surface area contributed by atoms with Gasteiger partial charge < -0.3 is 10.1 Å². The van der Waals surface area contributed by atoms with Gasteiger partial charge in [-0.1, -0.05) is 0 Å². The Kier molecular flexibility index (Phi) is 2.05. The molecule has 1 aliphatic rings. The summed E-state index contributed by atoms with van der Waals surface area (Å²) in [5, 5.41) is 3.11. The van der Waals surface area contributed by atoms with Crippen molar-refractivity contribution >= 4 is 5.97 Å². The number of ether oxygens (including phenoxy) is 1. The van der Waals surface area contributed by atoms with E-state index in [2.05, 4.69) is 10.1 Å². The quantitative estimate of drug-likeness (QED) is 0.428. The van der Waals surface area contributed by atoms with Gasteiger partial charge >= 0.3 is 5.97 Å². The number of hydrogen-bond acceptors (Lipinski definition) is 3. The van der Waals surface area contributed by atoms with Crippen molar-refractivity contribution in [3.8, 4) is 0 Å². The number of rotatable bonds is 3. The third kappa shape index (κ3) is 2.46. The molecule has 1 heterocycles. The van der Waals surface area contributed by atoms with E-state index < -0.39 is 0 Å². The largest absolute Gasteiger partial charge is 0.469 e. The number of carbonyl (C=O) groups excluding carboxylic acids is 1. The minimum atomic E-state index is -0.108. The number of carbonyl (C=O) groups is 1. The molecule has 1 fully saturated rings. The Morgan fingerprint density at radius 3 is 3.00 bits per heavy atom. The Morgan fingerprint density at radius 2 is 2.56 bits per heavy atom. The van der Waals surface area contributed by atoms with Crippen LogP contribution >= 0.6 is 0 Å². The summed E-state index contributed by atoms with van der Waals surface area (Å²) < 4.78 is 4.46. The SMILES string of the molecule is COC(=O)CCC1CN1. The fraction of sp³-hybridized carbons (Fsp3) is 0.833. The lowest BCUT2D eigenvalue weighted by atomic mass is 10.2. The van der Waals surface area contributed by atoms with Gasteiger partial charge in [-0.05, 0) is 6.42 Å². The van der Waals surface area contributed by atoms with Gasteiger partial charge in [-0.15, -0.1) is 0 Å². The molecule has 1 rings (SSSR count). The highest BCUT2D eigenvalue weighted by Crippen LogP contribution is 2.05. The van der Waals surface area contributed by atoms with Crippen molar-refractivity contribution < 1.29 is 9.53 Å². The molecule has 3 nitrogen and oxygen atoms in total. The highest BCUT2D eigenvalue weighted by molar-refractivity contribution is 5.69. The van der Waals surface area contributed by atoms with Gasteiger partial charge in [0.2, 0.25) is 0 Å².